The Morgan fingerprint density at radius 2 is 1.90 bits per heavy atom. The van der Waals surface area contributed by atoms with Crippen LogP contribution >= 0.6 is 0 Å². The Morgan fingerprint density at radius 1 is 1.19 bits per heavy atom. The van der Waals surface area contributed by atoms with E-state index in [0.717, 1.165) is 37.8 Å². The molecule has 1 aliphatic carbocycles. The molecule has 3 rings (SSSR count). The summed E-state index contributed by atoms with van der Waals surface area (Å²) in [7, 11) is 0. The summed E-state index contributed by atoms with van der Waals surface area (Å²) in [5.41, 5.74) is 0.776. The molecular formula is C18H22N2O. The Labute approximate surface area is 126 Å². The Balaban J connectivity index is 2.06. The van der Waals surface area contributed by atoms with E-state index in [1.54, 1.807) is 6.20 Å². The fraction of sp³-hybridized carbons (Fsp3) is 0.444. The second-order valence-electron chi connectivity index (χ2n) is 5.87. The first-order valence-electron chi connectivity index (χ1n) is 7.89. The van der Waals surface area contributed by atoms with Crippen LogP contribution < -0.4 is 0 Å². The zero-order valence-electron chi connectivity index (χ0n) is 12.6. The summed E-state index contributed by atoms with van der Waals surface area (Å²) < 4.78 is 1.96. The lowest BCUT2D eigenvalue weighted by Gasteiger charge is -2.36. The molecule has 3 nitrogen and oxygen atoms in total. The van der Waals surface area contributed by atoms with E-state index < -0.39 is 0 Å². The Morgan fingerprint density at radius 3 is 2.57 bits per heavy atom. The fourth-order valence-corrected chi connectivity index (χ4v) is 3.55. The van der Waals surface area contributed by atoms with Crippen molar-refractivity contribution >= 4 is 5.78 Å². The second kappa shape index (κ2) is 5.84. The third-order valence-electron chi connectivity index (χ3n) is 4.73. The third-order valence-corrected chi connectivity index (χ3v) is 4.73. The van der Waals surface area contributed by atoms with Crippen LogP contribution in [0.3, 0.4) is 0 Å². The fourth-order valence-electron chi connectivity index (χ4n) is 3.55. The van der Waals surface area contributed by atoms with E-state index >= 15 is 0 Å². The molecule has 0 atom stereocenters. The van der Waals surface area contributed by atoms with Gasteiger partial charge in [0.05, 0.1) is 5.41 Å². The number of aromatic nitrogens is 2. The van der Waals surface area contributed by atoms with Crippen molar-refractivity contribution in [2.45, 2.75) is 51.0 Å². The van der Waals surface area contributed by atoms with E-state index in [9.17, 15) is 4.79 Å². The van der Waals surface area contributed by atoms with Gasteiger partial charge in [-0.1, -0.05) is 49.6 Å². The predicted octanol–water partition coefficient (Wildman–Crippen LogP) is 3.99. The van der Waals surface area contributed by atoms with Gasteiger partial charge in [0.15, 0.2) is 5.82 Å². The summed E-state index contributed by atoms with van der Waals surface area (Å²) in [6, 6.07) is 10.3. The van der Waals surface area contributed by atoms with Crippen molar-refractivity contribution in [2.24, 2.45) is 0 Å². The highest BCUT2D eigenvalue weighted by molar-refractivity contribution is 6.01. The number of carbonyl (C=O) groups is 1. The molecule has 1 heterocycles. The molecule has 110 valence electrons. The molecule has 0 bridgehead atoms. The molecule has 0 aliphatic heterocycles. The monoisotopic (exact) mass is 282 g/mol. The lowest BCUT2D eigenvalue weighted by molar-refractivity contribution is 0.0823. The van der Waals surface area contributed by atoms with Crippen molar-refractivity contribution in [3.8, 4) is 0 Å². The van der Waals surface area contributed by atoms with Crippen molar-refractivity contribution < 1.29 is 4.79 Å². The first-order valence-corrected chi connectivity index (χ1v) is 7.89. The Hall–Kier alpha value is -1.90. The van der Waals surface area contributed by atoms with E-state index in [1.165, 1.54) is 6.42 Å². The minimum absolute atomic E-state index is 0.195. The van der Waals surface area contributed by atoms with E-state index in [1.807, 2.05) is 29.0 Å². The topological polar surface area (TPSA) is 34.9 Å². The van der Waals surface area contributed by atoms with Crippen molar-refractivity contribution in [2.75, 3.05) is 0 Å². The smallest absolute Gasteiger partial charge is 0.208 e. The van der Waals surface area contributed by atoms with Crippen LogP contribution in [0.4, 0.5) is 0 Å². The number of nitrogens with zero attached hydrogens (tertiary/aromatic N) is 2. The number of imidazole rings is 1. The van der Waals surface area contributed by atoms with E-state index in [4.69, 9.17) is 0 Å². The van der Waals surface area contributed by atoms with Crippen molar-refractivity contribution in [3.05, 3.63) is 54.1 Å². The number of aryl methyl sites for hydroxylation is 1. The van der Waals surface area contributed by atoms with Gasteiger partial charge in [-0.2, -0.15) is 0 Å². The van der Waals surface area contributed by atoms with E-state index in [0.29, 0.717) is 5.82 Å². The molecule has 1 aromatic carbocycles. The highest BCUT2D eigenvalue weighted by Crippen LogP contribution is 2.41. The van der Waals surface area contributed by atoms with E-state index in [-0.39, 0.29) is 11.2 Å². The number of ketones is 1. The van der Waals surface area contributed by atoms with Gasteiger partial charge in [-0.25, -0.2) is 4.98 Å². The number of hydrogen-bond donors (Lipinski definition) is 0. The number of rotatable bonds is 4. The van der Waals surface area contributed by atoms with E-state index in [2.05, 4.69) is 24.0 Å². The number of carbonyl (C=O) groups excluding carboxylic acids is 1. The molecule has 1 aromatic heterocycles. The summed E-state index contributed by atoms with van der Waals surface area (Å²) in [4.78, 5) is 17.6. The highest BCUT2D eigenvalue weighted by Gasteiger charge is 2.42. The van der Waals surface area contributed by atoms with Gasteiger partial charge in [0.2, 0.25) is 5.78 Å². The minimum atomic E-state index is -0.377. The summed E-state index contributed by atoms with van der Waals surface area (Å²) >= 11 is 0. The molecule has 1 fully saturated rings. The molecule has 21 heavy (non-hydrogen) atoms. The lowest BCUT2D eigenvalue weighted by Crippen LogP contribution is -2.39. The minimum Gasteiger partial charge on any atom is -0.329 e. The standard InChI is InChI=1S/C18H22N2O/c1-2-20-14-13-19-17(20)16(21)18(11-7-4-8-12-18)15-9-5-3-6-10-15/h3,5-6,9-10,13-14H,2,4,7-8,11-12H2,1H3. The summed E-state index contributed by atoms with van der Waals surface area (Å²) in [6.07, 6.45) is 8.97. The Kier molecular flexibility index (Phi) is 3.91. The zero-order chi connectivity index (χ0) is 14.7. The van der Waals surface area contributed by atoms with Gasteiger partial charge in [-0.3, -0.25) is 4.79 Å². The highest BCUT2D eigenvalue weighted by atomic mass is 16.1. The second-order valence-corrected chi connectivity index (χ2v) is 5.87. The molecule has 0 amide bonds. The molecule has 0 saturated heterocycles. The molecule has 0 N–H and O–H groups in total. The maximum Gasteiger partial charge on any atom is 0.208 e. The molecule has 3 heteroatoms. The summed E-state index contributed by atoms with van der Waals surface area (Å²) in [6.45, 7) is 2.83. The molecule has 1 aliphatic rings. The van der Waals surface area contributed by atoms with Crippen LogP contribution in [0.25, 0.3) is 0 Å². The van der Waals surface area contributed by atoms with Gasteiger partial charge in [-0.05, 0) is 25.3 Å². The van der Waals surface area contributed by atoms with Crippen LogP contribution in [0.1, 0.15) is 55.2 Å². The SMILES string of the molecule is CCn1ccnc1C(=O)C1(c2ccccc2)CCCCC1. The van der Waals surface area contributed by atoms with Crippen LogP contribution in [0.5, 0.6) is 0 Å². The van der Waals surface area contributed by atoms with Crippen molar-refractivity contribution in [3.63, 3.8) is 0 Å². The maximum absolute atomic E-state index is 13.3. The molecule has 2 aromatic rings. The molecular weight excluding hydrogens is 260 g/mol. The average Bonchev–Trinajstić information content (AvgIpc) is 3.04. The Bertz CT molecular complexity index is 609. The van der Waals surface area contributed by atoms with Crippen LogP contribution in [0.15, 0.2) is 42.7 Å². The van der Waals surface area contributed by atoms with Crippen LogP contribution in [-0.4, -0.2) is 15.3 Å². The van der Waals surface area contributed by atoms with Gasteiger partial charge in [0.25, 0.3) is 0 Å². The summed E-state index contributed by atoms with van der Waals surface area (Å²) in [5, 5.41) is 0. The zero-order valence-corrected chi connectivity index (χ0v) is 12.6. The van der Waals surface area contributed by atoms with Crippen molar-refractivity contribution in [1.29, 1.82) is 0 Å². The van der Waals surface area contributed by atoms with Gasteiger partial charge >= 0.3 is 0 Å². The lowest BCUT2D eigenvalue weighted by atomic mass is 9.66. The van der Waals surface area contributed by atoms with Gasteiger partial charge < -0.3 is 4.57 Å². The molecule has 0 radical (unpaired) electrons. The first-order chi connectivity index (χ1) is 10.3. The first kappa shape index (κ1) is 14.1. The molecule has 0 unspecified atom stereocenters. The molecule has 0 spiro atoms. The average molecular weight is 282 g/mol. The quantitative estimate of drug-likeness (QED) is 0.795. The van der Waals surface area contributed by atoms with Gasteiger partial charge in [0, 0.05) is 18.9 Å². The largest absolute Gasteiger partial charge is 0.329 e. The van der Waals surface area contributed by atoms with Crippen molar-refractivity contribution in [1.82, 2.24) is 9.55 Å². The predicted molar refractivity (Wildman–Crippen MR) is 83.4 cm³/mol. The van der Waals surface area contributed by atoms with Crippen LogP contribution in [0, 0.1) is 0 Å². The van der Waals surface area contributed by atoms with Crippen LogP contribution in [0.2, 0.25) is 0 Å². The molecule has 1 saturated carbocycles. The number of Topliss-reactive ketones (excluding diaryl/α,β-unsaturated/α-hetero) is 1. The summed E-state index contributed by atoms with van der Waals surface area (Å²) in [5.74, 6) is 0.809. The van der Waals surface area contributed by atoms with Gasteiger partial charge in [0.1, 0.15) is 0 Å². The number of benzene rings is 1. The third kappa shape index (κ3) is 2.41. The maximum atomic E-state index is 13.3. The van der Waals surface area contributed by atoms with Gasteiger partial charge in [-0.15, -0.1) is 0 Å². The van der Waals surface area contributed by atoms with Crippen LogP contribution in [-0.2, 0) is 12.0 Å². The number of hydrogen-bond acceptors (Lipinski definition) is 2. The normalized spacial score (nSPS) is 17.6.